The summed E-state index contributed by atoms with van der Waals surface area (Å²) in [6.07, 6.45) is 8.74. The maximum absolute atomic E-state index is 4.48. The van der Waals surface area contributed by atoms with Crippen LogP contribution in [0.25, 0.3) is 0 Å². The van der Waals surface area contributed by atoms with Crippen molar-refractivity contribution in [3.63, 3.8) is 0 Å². The van der Waals surface area contributed by atoms with Crippen molar-refractivity contribution in [1.29, 1.82) is 0 Å². The van der Waals surface area contributed by atoms with Crippen LogP contribution in [0.5, 0.6) is 0 Å². The Morgan fingerprint density at radius 1 is 1.21 bits per heavy atom. The van der Waals surface area contributed by atoms with E-state index in [4.69, 9.17) is 0 Å². The highest BCUT2D eigenvalue weighted by Gasteiger charge is 2.09. The molecule has 0 aliphatic carbocycles. The van der Waals surface area contributed by atoms with E-state index in [1.807, 2.05) is 11.7 Å². The Kier molecular flexibility index (Phi) is 5.86. The fraction of sp³-hybridized carbons (Fsp3) is 0.800. The van der Waals surface area contributed by atoms with Crippen molar-refractivity contribution in [3.05, 3.63) is 17.5 Å². The lowest BCUT2D eigenvalue weighted by Gasteiger charge is -2.19. The molecule has 0 saturated carbocycles. The lowest BCUT2D eigenvalue weighted by Crippen LogP contribution is -2.32. The van der Waals surface area contributed by atoms with Crippen molar-refractivity contribution < 1.29 is 0 Å². The Morgan fingerprint density at radius 3 is 2.63 bits per heavy atom. The van der Waals surface area contributed by atoms with E-state index in [9.17, 15) is 0 Å². The molecule has 1 aromatic heterocycles. The van der Waals surface area contributed by atoms with Crippen LogP contribution in [-0.2, 0) is 20.0 Å². The first-order chi connectivity index (χ1) is 9.29. The average Bonchev–Trinajstić information content (AvgIpc) is 2.62. The molecular weight excluding hydrogens is 236 g/mol. The monoisotopic (exact) mass is 264 g/mol. The van der Waals surface area contributed by atoms with Crippen LogP contribution in [0.2, 0.25) is 0 Å². The normalized spacial score (nSPS) is 17.6. The van der Waals surface area contributed by atoms with Crippen molar-refractivity contribution in [2.24, 2.45) is 7.05 Å². The Morgan fingerprint density at radius 2 is 1.95 bits per heavy atom. The lowest BCUT2D eigenvalue weighted by atomic mass is 10.2. The fourth-order valence-corrected chi connectivity index (χ4v) is 2.85. The van der Waals surface area contributed by atoms with Gasteiger partial charge in [0.1, 0.15) is 0 Å². The van der Waals surface area contributed by atoms with Crippen LogP contribution in [0.4, 0.5) is 0 Å². The van der Waals surface area contributed by atoms with Crippen LogP contribution < -0.4 is 5.32 Å². The van der Waals surface area contributed by atoms with Crippen molar-refractivity contribution in [2.45, 2.75) is 45.6 Å². The van der Waals surface area contributed by atoms with Crippen LogP contribution in [0, 0.1) is 0 Å². The number of hydrogen-bond acceptors (Lipinski definition) is 3. The van der Waals surface area contributed by atoms with Gasteiger partial charge in [0.15, 0.2) is 0 Å². The summed E-state index contributed by atoms with van der Waals surface area (Å²) >= 11 is 0. The third-order valence-electron chi connectivity index (χ3n) is 3.95. The van der Waals surface area contributed by atoms with Crippen molar-refractivity contribution >= 4 is 0 Å². The van der Waals surface area contributed by atoms with E-state index in [1.165, 1.54) is 56.6 Å². The minimum absolute atomic E-state index is 0.949. The van der Waals surface area contributed by atoms with Gasteiger partial charge in [-0.15, -0.1) is 0 Å². The predicted octanol–water partition coefficient (Wildman–Crippen LogP) is 1.95. The van der Waals surface area contributed by atoms with E-state index >= 15 is 0 Å². The van der Waals surface area contributed by atoms with E-state index in [0.29, 0.717) is 0 Å². The number of rotatable bonds is 6. The third-order valence-corrected chi connectivity index (χ3v) is 3.95. The molecule has 2 heterocycles. The molecule has 4 nitrogen and oxygen atoms in total. The second-order valence-corrected chi connectivity index (χ2v) is 5.56. The lowest BCUT2D eigenvalue weighted by molar-refractivity contribution is 0.284. The van der Waals surface area contributed by atoms with Crippen LogP contribution >= 0.6 is 0 Å². The molecule has 108 valence electrons. The molecule has 4 heteroatoms. The summed E-state index contributed by atoms with van der Waals surface area (Å²) in [7, 11) is 2.00. The topological polar surface area (TPSA) is 33.1 Å². The molecule has 0 atom stereocenters. The van der Waals surface area contributed by atoms with Crippen molar-refractivity contribution in [2.75, 3.05) is 26.2 Å². The Bertz CT molecular complexity index is 364. The average molecular weight is 264 g/mol. The molecule has 1 aliphatic heterocycles. The Balaban J connectivity index is 1.68. The maximum atomic E-state index is 4.48. The predicted molar refractivity (Wildman–Crippen MR) is 79.2 cm³/mol. The van der Waals surface area contributed by atoms with Crippen LogP contribution in [0.15, 0.2) is 6.20 Å². The third kappa shape index (κ3) is 4.62. The number of hydrogen-bond donors (Lipinski definition) is 1. The number of nitrogens with one attached hydrogen (secondary N) is 1. The summed E-state index contributed by atoms with van der Waals surface area (Å²) in [6, 6.07) is 0. The highest BCUT2D eigenvalue weighted by atomic mass is 15.3. The van der Waals surface area contributed by atoms with Crippen molar-refractivity contribution in [3.8, 4) is 0 Å². The highest BCUT2D eigenvalue weighted by Crippen LogP contribution is 2.09. The summed E-state index contributed by atoms with van der Waals surface area (Å²) < 4.78 is 1.92. The molecule has 1 fully saturated rings. The van der Waals surface area contributed by atoms with Gasteiger partial charge in [0.2, 0.25) is 0 Å². The van der Waals surface area contributed by atoms with Gasteiger partial charge in [-0.2, -0.15) is 5.10 Å². The summed E-state index contributed by atoms with van der Waals surface area (Å²) in [5, 5.41) is 8.04. The molecule has 0 aromatic carbocycles. The Labute approximate surface area is 117 Å². The second kappa shape index (κ2) is 7.65. The van der Waals surface area contributed by atoms with Gasteiger partial charge in [-0.3, -0.25) is 4.68 Å². The first-order valence-corrected chi connectivity index (χ1v) is 7.74. The zero-order chi connectivity index (χ0) is 13.5. The largest absolute Gasteiger partial charge is 0.311 e. The quantitative estimate of drug-likeness (QED) is 0.797. The molecule has 1 N–H and O–H groups in total. The van der Waals surface area contributed by atoms with Gasteiger partial charge in [-0.25, -0.2) is 0 Å². The van der Waals surface area contributed by atoms with Crippen LogP contribution in [0.3, 0.4) is 0 Å². The van der Waals surface area contributed by atoms with E-state index < -0.39 is 0 Å². The number of nitrogens with zero attached hydrogens (tertiary/aromatic N) is 3. The van der Waals surface area contributed by atoms with Gasteiger partial charge in [0.05, 0.1) is 5.69 Å². The molecular formula is C15H28N4. The molecule has 2 rings (SSSR count). The molecule has 0 amide bonds. The summed E-state index contributed by atoms with van der Waals surface area (Å²) in [5.74, 6) is 0. The number of likely N-dealkylation sites (tertiary alicyclic amines) is 1. The summed E-state index contributed by atoms with van der Waals surface area (Å²) in [5.41, 5.74) is 2.57. The second-order valence-electron chi connectivity index (χ2n) is 5.56. The van der Waals surface area contributed by atoms with Gasteiger partial charge in [-0.05, 0) is 32.4 Å². The van der Waals surface area contributed by atoms with E-state index in [-0.39, 0.29) is 0 Å². The minimum Gasteiger partial charge on any atom is -0.311 e. The molecule has 1 aromatic rings. The standard InChI is InChI=1S/C15H28N4/c1-3-15-14(13-18(2)17-15)12-16-8-11-19-9-6-4-5-7-10-19/h13,16H,3-12H2,1-2H3. The minimum atomic E-state index is 0.949. The molecule has 1 aliphatic rings. The highest BCUT2D eigenvalue weighted by molar-refractivity contribution is 5.16. The molecule has 0 bridgehead atoms. The maximum Gasteiger partial charge on any atom is 0.0666 e. The van der Waals surface area contributed by atoms with Gasteiger partial charge < -0.3 is 10.2 Å². The molecule has 19 heavy (non-hydrogen) atoms. The summed E-state index contributed by atoms with van der Waals surface area (Å²) in [6.45, 7) is 7.96. The smallest absolute Gasteiger partial charge is 0.0666 e. The SMILES string of the molecule is CCc1nn(C)cc1CNCCN1CCCCCC1. The van der Waals surface area contributed by atoms with E-state index in [0.717, 1.165) is 19.5 Å². The Hall–Kier alpha value is -0.870. The van der Waals surface area contributed by atoms with E-state index in [2.05, 4.69) is 28.4 Å². The molecule has 1 saturated heterocycles. The zero-order valence-electron chi connectivity index (χ0n) is 12.5. The zero-order valence-corrected chi connectivity index (χ0v) is 12.5. The summed E-state index contributed by atoms with van der Waals surface area (Å²) in [4.78, 5) is 2.60. The molecule has 0 unspecified atom stereocenters. The molecule has 0 radical (unpaired) electrons. The number of aryl methyl sites for hydroxylation is 2. The van der Waals surface area contributed by atoms with Crippen LogP contribution in [0.1, 0.15) is 43.9 Å². The first-order valence-electron chi connectivity index (χ1n) is 7.74. The van der Waals surface area contributed by atoms with E-state index in [1.54, 1.807) is 0 Å². The van der Waals surface area contributed by atoms with Gasteiger partial charge >= 0.3 is 0 Å². The van der Waals surface area contributed by atoms with Gasteiger partial charge in [0.25, 0.3) is 0 Å². The van der Waals surface area contributed by atoms with Crippen LogP contribution in [-0.4, -0.2) is 40.9 Å². The van der Waals surface area contributed by atoms with Gasteiger partial charge in [-0.1, -0.05) is 19.8 Å². The fourth-order valence-electron chi connectivity index (χ4n) is 2.85. The molecule has 0 spiro atoms. The first kappa shape index (κ1) is 14.5. The number of aromatic nitrogens is 2. The van der Waals surface area contributed by atoms with Crippen molar-refractivity contribution in [1.82, 2.24) is 20.0 Å². The van der Waals surface area contributed by atoms with Gasteiger partial charge in [0, 0.05) is 38.4 Å².